The van der Waals surface area contributed by atoms with Crippen LogP contribution in [0.5, 0.6) is 0 Å². The van der Waals surface area contributed by atoms with Gasteiger partial charge in [-0.15, -0.1) is 0 Å². The van der Waals surface area contributed by atoms with E-state index in [1.807, 2.05) is 43.5 Å². The molecule has 6 nitrogen and oxygen atoms in total. The van der Waals surface area contributed by atoms with E-state index >= 15 is 0 Å². The molecule has 162 valence electrons. The number of anilines is 1. The quantitative estimate of drug-likeness (QED) is 0.477. The predicted molar refractivity (Wildman–Crippen MR) is 127 cm³/mol. The lowest BCUT2D eigenvalue weighted by atomic mass is 9.96. The maximum Gasteiger partial charge on any atom is 0.259 e. The number of amides is 1. The van der Waals surface area contributed by atoms with E-state index in [-0.39, 0.29) is 11.8 Å². The number of benzene rings is 2. The van der Waals surface area contributed by atoms with Gasteiger partial charge in [0.1, 0.15) is 5.82 Å². The Bertz CT molecular complexity index is 1230. The highest BCUT2D eigenvalue weighted by atomic mass is 16.1. The van der Waals surface area contributed by atoms with E-state index in [4.69, 9.17) is 4.98 Å². The number of aromatic nitrogens is 3. The number of rotatable bonds is 5. The molecule has 0 unspecified atom stereocenters. The number of hydrogen-bond acceptors (Lipinski definition) is 4. The molecular weight excluding hydrogens is 398 g/mol. The van der Waals surface area contributed by atoms with Crippen LogP contribution in [-0.4, -0.2) is 38.8 Å². The molecule has 1 saturated heterocycles. The molecule has 3 heterocycles. The molecular formula is C26H27N5O. The highest BCUT2D eigenvalue weighted by molar-refractivity contribution is 6.04. The third-order valence-corrected chi connectivity index (χ3v) is 6.17. The second-order valence-corrected chi connectivity index (χ2v) is 8.52. The summed E-state index contributed by atoms with van der Waals surface area (Å²) in [7, 11) is 0. The fourth-order valence-corrected chi connectivity index (χ4v) is 4.49. The Balaban J connectivity index is 1.26. The number of carbonyl (C=O) groups excluding carboxylic acids is 1. The monoisotopic (exact) mass is 425 g/mol. The zero-order valence-electron chi connectivity index (χ0n) is 18.2. The van der Waals surface area contributed by atoms with Gasteiger partial charge >= 0.3 is 0 Å². The molecule has 0 bridgehead atoms. The summed E-state index contributed by atoms with van der Waals surface area (Å²) in [4.78, 5) is 27.7. The number of nitrogens with zero attached hydrogens (tertiary/aromatic N) is 3. The topological polar surface area (TPSA) is 73.9 Å². The maximum absolute atomic E-state index is 12.6. The molecule has 6 heteroatoms. The SMILES string of the molecule is Cc1nc([C@H]2CCCN(Cc3ccc4[nH]ccc4c3)C2)ncc1C(=O)Nc1ccccc1. The van der Waals surface area contributed by atoms with E-state index in [0.29, 0.717) is 5.56 Å². The van der Waals surface area contributed by atoms with E-state index in [9.17, 15) is 4.79 Å². The number of aromatic amines is 1. The van der Waals surface area contributed by atoms with Crippen molar-refractivity contribution in [3.05, 3.63) is 89.6 Å². The maximum atomic E-state index is 12.6. The number of nitrogens with one attached hydrogen (secondary N) is 2. The molecule has 0 radical (unpaired) electrons. The van der Waals surface area contributed by atoms with E-state index in [1.165, 1.54) is 16.5 Å². The molecule has 2 aromatic heterocycles. The third kappa shape index (κ3) is 4.41. The second-order valence-electron chi connectivity index (χ2n) is 8.52. The number of aryl methyl sites for hydroxylation is 1. The third-order valence-electron chi connectivity index (χ3n) is 6.17. The standard InChI is InChI=1S/C26H27N5O/c1-18-23(26(32)30-22-7-3-2-4-8-22)15-28-25(29-18)21-6-5-13-31(17-21)16-19-9-10-24-20(14-19)11-12-27-24/h2-4,7-12,14-15,21,27H,5-6,13,16-17H2,1H3,(H,30,32)/t21-/m0/s1. The van der Waals surface area contributed by atoms with E-state index in [1.54, 1.807) is 6.20 Å². The first-order valence-corrected chi connectivity index (χ1v) is 11.1. The fourth-order valence-electron chi connectivity index (χ4n) is 4.49. The molecule has 5 rings (SSSR count). The lowest BCUT2D eigenvalue weighted by Gasteiger charge is -2.32. The van der Waals surface area contributed by atoms with Gasteiger partial charge in [-0.1, -0.05) is 24.3 Å². The molecule has 0 saturated carbocycles. The van der Waals surface area contributed by atoms with Crippen LogP contribution >= 0.6 is 0 Å². The van der Waals surface area contributed by atoms with Crippen LogP contribution in [0.15, 0.2) is 67.0 Å². The van der Waals surface area contributed by atoms with Crippen molar-refractivity contribution < 1.29 is 4.79 Å². The van der Waals surface area contributed by atoms with Crippen molar-refractivity contribution in [3.8, 4) is 0 Å². The molecule has 2 N–H and O–H groups in total. The van der Waals surface area contributed by atoms with Gasteiger partial charge in [0.05, 0.1) is 11.3 Å². The van der Waals surface area contributed by atoms with Crippen LogP contribution in [0.4, 0.5) is 5.69 Å². The Kier molecular flexibility index (Phi) is 5.69. The number of fused-ring (bicyclic) bond motifs is 1. The van der Waals surface area contributed by atoms with Crippen LogP contribution < -0.4 is 5.32 Å². The molecule has 1 aliphatic heterocycles. The summed E-state index contributed by atoms with van der Waals surface area (Å²) in [6, 6.07) is 18.2. The normalized spacial score (nSPS) is 16.8. The van der Waals surface area contributed by atoms with E-state index in [2.05, 4.69) is 44.5 Å². The summed E-state index contributed by atoms with van der Waals surface area (Å²) in [5.41, 5.74) is 4.50. The first-order chi connectivity index (χ1) is 15.7. The minimum atomic E-state index is -0.175. The largest absolute Gasteiger partial charge is 0.361 e. The molecule has 0 spiro atoms. The van der Waals surface area contributed by atoms with Gasteiger partial charge in [-0.25, -0.2) is 9.97 Å². The Labute approximate surface area is 187 Å². The van der Waals surface area contributed by atoms with E-state index < -0.39 is 0 Å². The van der Waals surface area contributed by atoms with Crippen LogP contribution in [0.25, 0.3) is 10.9 Å². The van der Waals surface area contributed by atoms with Gasteiger partial charge in [0, 0.05) is 42.6 Å². The molecule has 4 aromatic rings. The van der Waals surface area contributed by atoms with Crippen molar-refractivity contribution in [1.82, 2.24) is 19.9 Å². The summed E-state index contributed by atoms with van der Waals surface area (Å²) in [5, 5.41) is 4.16. The Morgan fingerprint density at radius 1 is 1.19 bits per heavy atom. The first kappa shape index (κ1) is 20.4. The lowest BCUT2D eigenvalue weighted by Crippen LogP contribution is -2.34. The van der Waals surface area contributed by atoms with Crippen molar-refractivity contribution in [2.45, 2.75) is 32.2 Å². The fraction of sp³-hybridized carbons (Fsp3) is 0.269. The van der Waals surface area contributed by atoms with Gasteiger partial charge in [-0.05, 0) is 67.6 Å². The molecule has 1 atom stereocenters. The van der Waals surface area contributed by atoms with Crippen molar-refractivity contribution in [1.29, 1.82) is 0 Å². The molecule has 1 aliphatic rings. The number of para-hydroxylation sites is 1. The van der Waals surface area contributed by atoms with Crippen molar-refractivity contribution in [2.24, 2.45) is 0 Å². The average molecular weight is 426 g/mol. The summed E-state index contributed by atoms with van der Waals surface area (Å²) in [6.45, 7) is 4.82. The highest BCUT2D eigenvalue weighted by Gasteiger charge is 2.24. The predicted octanol–water partition coefficient (Wildman–Crippen LogP) is 4.90. The van der Waals surface area contributed by atoms with Crippen LogP contribution in [0, 0.1) is 6.92 Å². The van der Waals surface area contributed by atoms with Crippen LogP contribution in [-0.2, 0) is 6.54 Å². The van der Waals surface area contributed by atoms with Crippen molar-refractivity contribution in [2.75, 3.05) is 18.4 Å². The minimum Gasteiger partial charge on any atom is -0.361 e. The van der Waals surface area contributed by atoms with Gasteiger partial charge in [0.25, 0.3) is 5.91 Å². The van der Waals surface area contributed by atoms with Gasteiger partial charge in [0.2, 0.25) is 0 Å². The number of likely N-dealkylation sites (tertiary alicyclic amines) is 1. The van der Waals surface area contributed by atoms with Crippen LogP contribution in [0.2, 0.25) is 0 Å². The zero-order chi connectivity index (χ0) is 21.9. The van der Waals surface area contributed by atoms with Crippen molar-refractivity contribution in [3.63, 3.8) is 0 Å². The van der Waals surface area contributed by atoms with Gasteiger partial charge in [-0.2, -0.15) is 0 Å². The summed E-state index contributed by atoms with van der Waals surface area (Å²) >= 11 is 0. The van der Waals surface area contributed by atoms with Crippen molar-refractivity contribution >= 4 is 22.5 Å². The zero-order valence-corrected chi connectivity index (χ0v) is 18.2. The molecule has 0 aliphatic carbocycles. The second kappa shape index (κ2) is 8.93. The van der Waals surface area contributed by atoms with Gasteiger partial charge < -0.3 is 10.3 Å². The summed E-state index contributed by atoms with van der Waals surface area (Å²) in [6.07, 6.45) is 5.85. The number of carbonyl (C=O) groups is 1. The lowest BCUT2D eigenvalue weighted by molar-refractivity contribution is 0.102. The molecule has 1 fully saturated rings. The highest BCUT2D eigenvalue weighted by Crippen LogP contribution is 2.27. The van der Waals surface area contributed by atoms with E-state index in [0.717, 1.165) is 49.7 Å². The minimum absolute atomic E-state index is 0.175. The Hall–Kier alpha value is -3.51. The molecule has 2 aromatic carbocycles. The Morgan fingerprint density at radius 3 is 2.91 bits per heavy atom. The van der Waals surface area contributed by atoms with Crippen LogP contribution in [0.3, 0.4) is 0 Å². The average Bonchev–Trinajstić information content (AvgIpc) is 3.28. The summed E-state index contributed by atoms with van der Waals surface area (Å²) in [5.74, 6) is 0.944. The molecule has 1 amide bonds. The van der Waals surface area contributed by atoms with Gasteiger partial charge in [-0.3, -0.25) is 9.69 Å². The smallest absolute Gasteiger partial charge is 0.259 e. The Morgan fingerprint density at radius 2 is 2.06 bits per heavy atom. The van der Waals surface area contributed by atoms with Crippen LogP contribution in [0.1, 0.15) is 46.2 Å². The number of piperidine rings is 1. The molecule has 32 heavy (non-hydrogen) atoms. The summed E-state index contributed by atoms with van der Waals surface area (Å²) < 4.78 is 0. The first-order valence-electron chi connectivity index (χ1n) is 11.1. The van der Waals surface area contributed by atoms with Gasteiger partial charge in [0.15, 0.2) is 0 Å². The number of H-pyrrole nitrogens is 1. The number of hydrogen-bond donors (Lipinski definition) is 2.